The smallest absolute Gasteiger partial charge is 0.333 e. The molecule has 0 aromatic carbocycles. The SMILES string of the molecule is CCOC(=O)/C(C)=C/C(C(C)C)N(C)C(=O)[C@@H](NC(=O)[C@H]1CCCCN1C)C(C)(C)C. The summed E-state index contributed by atoms with van der Waals surface area (Å²) in [5.41, 5.74) is 0.00994. The zero-order chi connectivity index (χ0) is 23.9. The van der Waals surface area contributed by atoms with Gasteiger partial charge in [-0.15, -0.1) is 0 Å². The van der Waals surface area contributed by atoms with E-state index in [1.807, 2.05) is 41.7 Å². The molecule has 3 atom stereocenters. The van der Waals surface area contributed by atoms with Crippen LogP contribution >= 0.6 is 0 Å². The Hall–Kier alpha value is -1.89. The van der Waals surface area contributed by atoms with Gasteiger partial charge >= 0.3 is 5.97 Å². The van der Waals surface area contributed by atoms with Gasteiger partial charge in [0.15, 0.2) is 0 Å². The molecule has 0 aromatic heterocycles. The molecule has 1 rings (SSSR count). The molecule has 1 aliphatic heterocycles. The fraction of sp³-hybridized carbons (Fsp3) is 0.792. The standard InChI is InChI=1S/C24H43N3O4/c1-10-31-23(30)17(4)15-19(16(2)3)27(9)22(29)20(24(5,6)7)25-21(28)18-13-11-12-14-26(18)8/h15-16,18-20H,10-14H2,1-9H3,(H,25,28)/b17-15+/t18-,19?,20-/m1/s1. The van der Waals surface area contributed by atoms with Gasteiger partial charge in [0.1, 0.15) is 6.04 Å². The van der Waals surface area contributed by atoms with Crippen LogP contribution in [0.15, 0.2) is 11.6 Å². The number of rotatable bonds is 8. The van der Waals surface area contributed by atoms with Gasteiger partial charge < -0.3 is 15.0 Å². The molecule has 31 heavy (non-hydrogen) atoms. The molecule has 0 radical (unpaired) electrons. The van der Waals surface area contributed by atoms with Crippen LogP contribution in [0.1, 0.15) is 67.7 Å². The molecule has 178 valence electrons. The van der Waals surface area contributed by atoms with E-state index < -0.39 is 11.5 Å². The molecule has 1 heterocycles. The van der Waals surface area contributed by atoms with Crippen LogP contribution in [0, 0.1) is 11.3 Å². The van der Waals surface area contributed by atoms with Crippen LogP contribution in [0.4, 0.5) is 0 Å². The van der Waals surface area contributed by atoms with E-state index in [1.54, 1.807) is 31.9 Å². The summed E-state index contributed by atoms with van der Waals surface area (Å²) in [6, 6.07) is -1.17. The van der Waals surface area contributed by atoms with Gasteiger partial charge in [0.25, 0.3) is 0 Å². The van der Waals surface area contributed by atoms with Crippen molar-refractivity contribution >= 4 is 17.8 Å². The molecule has 7 heteroatoms. The Morgan fingerprint density at radius 1 is 1.23 bits per heavy atom. The third-order valence-electron chi connectivity index (χ3n) is 5.97. The molecule has 7 nitrogen and oxygen atoms in total. The van der Waals surface area contributed by atoms with Crippen molar-refractivity contribution in [3.8, 4) is 0 Å². The predicted octanol–water partition coefficient (Wildman–Crippen LogP) is 2.99. The number of likely N-dealkylation sites (tertiary alicyclic amines) is 1. The maximum Gasteiger partial charge on any atom is 0.333 e. The molecule has 1 aliphatic rings. The molecule has 1 unspecified atom stereocenters. The van der Waals surface area contributed by atoms with Crippen molar-refractivity contribution in [1.82, 2.24) is 15.1 Å². The molecule has 1 N–H and O–H groups in total. The third-order valence-corrected chi connectivity index (χ3v) is 5.97. The van der Waals surface area contributed by atoms with Gasteiger partial charge in [-0.2, -0.15) is 0 Å². The third kappa shape index (κ3) is 7.63. The number of hydrogen-bond donors (Lipinski definition) is 1. The van der Waals surface area contributed by atoms with E-state index in [4.69, 9.17) is 4.74 Å². The highest BCUT2D eigenvalue weighted by atomic mass is 16.5. The average Bonchev–Trinajstić information content (AvgIpc) is 2.68. The second kappa shape index (κ2) is 11.7. The van der Waals surface area contributed by atoms with Crippen LogP contribution in [0.3, 0.4) is 0 Å². The van der Waals surface area contributed by atoms with Gasteiger partial charge in [-0.25, -0.2) is 4.79 Å². The Morgan fingerprint density at radius 3 is 2.32 bits per heavy atom. The Kier molecular flexibility index (Phi) is 10.2. The zero-order valence-corrected chi connectivity index (χ0v) is 20.9. The Balaban J connectivity index is 3.10. The quantitative estimate of drug-likeness (QED) is 0.466. The van der Waals surface area contributed by atoms with E-state index in [1.165, 1.54) is 0 Å². The number of esters is 1. The van der Waals surface area contributed by atoms with Gasteiger partial charge in [0.05, 0.1) is 18.7 Å². The summed E-state index contributed by atoms with van der Waals surface area (Å²) in [4.78, 5) is 42.4. The van der Waals surface area contributed by atoms with Crippen LogP contribution in [0.5, 0.6) is 0 Å². The first-order chi connectivity index (χ1) is 14.3. The minimum atomic E-state index is -0.669. The van der Waals surface area contributed by atoms with Crippen LogP contribution in [-0.2, 0) is 19.1 Å². The van der Waals surface area contributed by atoms with E-state index in [2.05, 4.69) is 10.2 Å². The lowest BCUT2D eigenvalue weighted by molar-refractivity contribution is -0.141. The largest absolute Gasteiger partial charge is 0.463 e. The van der Waals surface area contributed by atoms with Crippen LogP contribution in [0.2, 0.25) is 0 Å². The van der Waals surface area contributed by atoms with Gasteiger partial charge in [0.2, 0.25) is 11.8 Å². The van der Waals surface area contributed by atoms with Crippen LogP contribution in [-0.4, -0.2) is 73.0 Å². The number of carbonyl (C=O) groups is 3. The maximum atomic E-state index is 13.6. The van der Waals surface area contributed by atoms with Gasteiger partial charge in [0, 0.05) is 12.6 Å². The second-order valence-corrected chi connectivity index (χ2v) is 10.1. The van der Waals surface area contributed by atoms with Crippen molar-refractivity contribution < 1.29 is 19.1 Å². The molecule has 1 fully saturated rings. The lowest BCUT2D eigenvalue weighted by Gasteiger charge is -2.39. The molecule has 1 saturated heterocycles. The van der Waals surface area contributed by atoms with Gasteiger partial charge in [-0.05, 0) is 51.6 Å². The molecule has 0 spiro atoms. The molecule has 0 bridgehead atoms. The zero-order valence-electron chi connectivity index (χ0n) is 20.9. The van der Waals surface area contributed by atoms with E-state index in [-0.39, 0.29) is 35.8 Å². The van der Waals surface area contributed by atoms with Crippen molar-refractivity contribution in [2.24, 2.45) is 11.3 Å². The summed E-state index contributed by atoms with van der Waals surface area (Å²) in [6.07, 6.45) is 4.70. The number of hydrogen-bond acceptors (Lipinski definition) is 5. The molecule has 2 amide bonds. The summed E-state index contributed by atoms with van der Waals surface area (Å²) in [6.45, 7) is 14.5. The Morgan fingerprint density at radius 2 is 1.84 bits per heavy atom. The van der Waals surface area contributed by atoms with Gasteiger partial charge in [-0.3, -0.25) is 14.5 Å². The maximum absolute atomic E-state index is 13.6. The minimum Gasteiger partial charge on any atom is -0.463 e. The van der Waals surface area contributed by atoms with Crippen molar-refractivity contribution in [1.29, 1.82) is 0 Å². The first-order valence-corrected chi connectivity index (χ1v) is 11.4. The predicted molar refractivity (Wildman–Crippen MR) is 123 cm³/mol. The Labute approximate surface area is 188 Å². The van der Waals surface area contributed by atoms with E-state index in [9.17, 15) is 14.4 Å². The van der Waals surface area contributed by atoms with Crippen molar-refractivity contribution in [3.63, 3.8) is 0 Å². The van der Waals surface area contributed by atoms with Gasteiger partial charge in [-0.1, -0.05) is 47.1 Å². The van der Waals surface area contributed by atoms with Crippen molar-refractivity contribution in [2.75, 3.05) is 27.2 Å². The minimum absolute atomic E-state index is 0.0825. The number of likely N-dealkylation sites (N-methyl/N-ethyl adjacent to an activating group) is 2. The number of amides is 2. The number of carbonyl (C=O) groups excluding carboxylic acids is 3. The number of ether oxygens (including phenoxy) is 1. The normalized spacial score (nSPS) is 20.2. The number of nitrogens with one attached hydrogen (secondary N) is 1. The Bertz CT molecular complexity index is 666. The lowest BCUT2D eigenvalue weighted by Crippen LogP contribution is -2.59. The summed E-state index contributed by atoms with van der Waals surface area (Å²) in [5, 5.41) is 3.04. The molecular weight excluding hydrogens is 394 g/mol. The number of piperidine rings is 1. The van der Waals surface area contributed by atoms with Crippen molar-refractivity contribution in [3.05, 3.63) is 11.6 Å². The molecule has 0 aromatic rings. The second-order valence-electron chi connectivity index (χ2n) is 10.1. The molecule has 0 aliphatic carbocycles. The summed E-state index contributed by atoms with van der Waals surface area (Å²) in [5.74, 6) is -0.553. The fourth-order valence-corrected chi connectivity index (χ4v) is 3.96. The fourth-order valence-electron chi connectivity index (χ4n) is 3.96. The monoisotopic (exact) mass is 437 g/mol. The molecule has 0 saturated carbocycles. The first kappa shape index (κ1) is 27.1. The van der Waals surface area contributed by atoms with Crippen LogP contribution in [0.25, 0.3) is 0 Å². The highest BCUT2D eigenvalue weighted by molar-refractivity contribution is 5.91. The van der Waals surface area contributed by atoms with E-state index >= 15 is 0 Å². The van der Waals surface area contributed by atoms with Crippen LogP contribution < -0.4 is 5.32 Å². The highest BCUT2D eigenvalue weighted by Gasteiger charge is 2.39. The van der Waals surface area contributed by atoms with Crippen molar-refractivity contribution in [2.45, 2.75) is 85.9 Å². The highest BCUT2D eigenvalue weighted by Crippen LogP contribution is 2.25. The molecular formula is C24H43N3O4. The van der Waals surface area contributed by atoms with E-state index in [0.717, 1.165) is 25.8 Å². The summed E-state index contributed by atoms with van der Waals surface area (Å²) < 4.78 is 5.08. The average molecular weight is 438 g/mol. The summed E-state index contributed by atoms with van der Waals surface area (Å²) in [7, 11) is 3.70. The lowest BCUT2D eigenvalue weighted by atomic mass is 9.84. The number of nitrogens with zero attached hydrogens (tertiary/aromatic N) is 2. The summed E-state index contributed by atoms with van der Waals surface area (Å²) >= 11 is 0. The first-order valence-electron chi connectivity index (χ1n) is 11.4. The van der Waals surface area contributed by atoms with E-state index in [0.29, 0.717) is 12.2 Å². The topological polar surface area (TPSA) is 79.0 Å².